The molecule has 5 heteroatoms. The molecule has 0 aliphatic carbocycles. The molecule has 0 radical (unpaired) electrons. The molecule has 1 atom stereocenters. The maximum absolute atomic E-state index is 12.7. The van der Waals surface area contributed by atoms with Gasteiger partial charge in [-0.2, -0.15) is 0 Å². The van der Waals surface area contributed by atoms with Crippen LogP contribution in [0.25, 0.3) is 0 Å². The van der Waals surface area contributed by atoms with Crippen LogP contribution < -0.4 is 5.32 Å². The molecule has 2 aliphatic heterocycles. The molecule has 1 aromatic heterocycles. The van der Waals surface area contributed by atoms with E-state index in [1.807, 2.05) is 17.0 Å². The lowest BCUT2D eigenvalue weighted by Crippen LogP contribution is -2.61. The van der Waals surface area contributed by atoms with Crippen molar-refractivity contribution in [2.75, 3.05) is 32.7 Å². The van der Waals surface area contributed by atoms with E-state index in [1.54, 1.807) is 6.26 Å². The Balaban J connectivity index is 1.52. The summed E-state index contributed by atoms with van der Waals surface area (Å²) in [5.74, 6) is 1.27. The molecule has 5 nitrogen and oxygen atoms in total. The van der Waals surface area contributed by atoms with Gasteiger partial charge in [0.25, 0.3) is 0 Å². The average Bonchev–Trinajstić information content (AvgIpc) is 3.01. The van der Waals surface area contributed by atoms with Gasteiger partial charge in [-0.15, -0.1) is 0 Å². The van der Waals surface area contributed by atoms with Crippen LogP contribution in [0.2, 0.25) is 0 Å². The lowest BCUT2D eigenvalue weighted by molar-refractivity contribution is -0.140. The van der Waals surface area contributed by atoms with Crippen molar-refractivity contribution in [1.29, 1.82) is 0 Å². The Labute approximate surface area is 126 Å². The van der Waals surface area contributed by atoms with E-state index in [4.69, 9.17) is 4.42 Å². The number of nitrogens with one attached hydrogen (secondary N) is 1. The second kappa shape index (κ2) is 6.20. The Morgan fingerprint density at radius 2 is 2.14 bits per heavy atom. The molecule has 21 heavy (non-hydrogen) atoms. The highest BCUT2D eigenvalue weighted by Gasteiger charge is 2.38. The van der Waals surface area contributed by atoms with Gasteiger partial charge in [-0.3, -0.25) is 9.69 Å². The highest BCUT2D eigenvalue weighted by atomic mass is 16.3. The van der Waals surface area contributed by atoms with Crippen molar-refractivity contribution in [2.45, 2.75) is 38.3 Å². The van der Waals surface area contributed by atoms with Gasteiger partial charge in [0.2, 0.25) is 5.91 Å². The molecule has 2 fully saturated rings. The zero-order valence-corrected chi connectivity index (χ0v) is 12.8. The van der Waals surface area contributed by atoms with E-state index in [2.05, 4.69) is 17.1 Å². The number of piperidine rings is 1. The molecule has 3 heterocycles. The van der Waals surface area contributed by atoms with E-state index >= 15 is 0 Å². The Kier molecular flexibility index (Phi) is 4.31. The topological polar surface area (TPSA) is 48.7 Å². The first-order valence-corrected chi connectivity index (χ1v) is 7.96. The number of rotatable bonds is 3. The van der Waals surface area contributed by atoms with Gasteiger partial charge < -0.3 is 14.6 Å². The van der Waals surface area contributed by atoms with Crippen molar-refractivity contribution >= 4 is 5.91 Å². The average molecular weight is 291 g/mol. The van der Waals surface area contributed by atoms with Gasteiger partial charge in [0.1, 0.15) is 5.76 Å². The van der Waals surface area contributed by atoms with Gasteiger partial charge >= 0.3 is 0 Å². The predicted molar refractivity (Wildman–Crippen MR) is 80.8 cm³/mol. The first kappa shape index (κ1) is 14.6. The van der Waals surface area contributed by atoms with Crippen LogP contribution in [0.15, 0.2) is 22.8 Å². The second-order valence-corrected chi connectivity index (χ2v) is 6.36. The summed E-state index contributed by atoms with van der Waals surface area (Å²) in [4.78, 5) is 17.1. The number of piperazine rings is 1. The molecule has 3 rings (SSSR count). The number of amides is 1. The summed E-state index contributed by atoms with van der Waals surface area (Å²) in [6.45, 7) is 7.33. The predicted octanol–water partition coefficient (Wildman–Crippen LogP) is 1.46. The number of hydrogen-bond donors (Lipinski definition) is 1. The molecule has 0 saturated carbocycles. The third-order valence-corrected chi connectivity index (χ3v) is 4.71. The van der Waals surface area contributed by atoms with Crippen molar-refractivity contribution in [3.05, 3.63) is 24.2 Å². The molecule has 0 bridgehead atoms. The van der Waals surface area contributed by atoms with Crippen LogP contribution in [0.4, 0.5) is 0 Å². The highest BCUT2D eigenvalue weighted by Crippen LogP contribution is 2.22. The SMILES string of the molecule is CC1(C(=O)N2CCN(Cc3ccco3)CC2)CCCCN1. The Morgan fingerprint density at radius 3 is 2.76 bits per heavy atom. The summed E-state index contributed by atoms with van der Waals surface area (Å²) < 4.78 is 5.39. The Bertz CT molecular complexity index is 458. The zero-order valence-electron chi connectivity index (χ0n) is 12.8. The van der Waals surface area contributed by atoms with Crippen molar-refractivity contribution in [2.24, 2.45) is 0 Å². The van der Waals surface area contributed by atoms with E-state index in [-0.39, 0.29) is 11.4 Å². The number of furan rings is 1. The fourth-order valence-corrected chi connectivity index (χ4v) is 3.32. The van der Waals surface area contributed by atoms with Crippen molar-refractivity contribution in [1.82, 2.24) is 15.1 Å². The van der Waals surface area contributed by atoms with Gasteiger partial charge in [-0.05, 0) is 44.9 Å². The minimum atomic E-state index is -0.346. The third-order valence-electron chi connectivity index (χ3n) is 4.71. The maximum atomic E-state index is 12.7. The van der Waals surface area contributed by atoms with Crippen LogP contribution in [-0.4, -0.2) is 54.0 Å². The molecular formula is C16H25N3O2. The van der Waals surface area contributed by atoms with Crippen LogP contribution >= 0.6 is 0 Å². The molecule has 0 spiro atoms. The number of hydrogen-bond acceptors (Lipinski definition) is 4. The molecule has 1 aromatic rings. The van der Waals surface area contributed by atoms with Gasteiger partial charge in [0, 0.05) is 26.2 Å². The fraction of sp³-hybridized carbons (Fsp3) is 0.688. The Hall–Kier alpha value is -1.33. The molecule has 116 valence electrons. The van der Waals surface area contributed by atoms with Gasteiger partial charge in [0.15, 0.2) is 0 Å². The summed E-state index contributed by atoms with van der Waals surface area (Å²) in [5.41, 5.74) is -0.346. The minimum absolute atomic E-state index is 0.278. The monoisotopic (exact) mass is 291 g/mol. The number of nitrogens with zero attached hydrogens (tertiary/aromatic N) is 2. The molecule has 1 amide bonds. The molecule has 0 aromatic carbocycles. The zero-order chi connectivity index (χ0) is 14.7. The highest BCUT2D eigenvalue weighted by molar-refractivity contribution is 5.86. The summed E-state index contributed by atoms with van der Waals surface area (Å²) in [7, 11) is 0. The van der Waals surface area contributed by atoms with E-state index in [1.165, 1.54) is 6.42 Å². The smallest absolute Gasteiger partial charge is 0.242 e. The van der Waals surface area contributed by atoms with Gasteiger partial charge in [-0.25, -0.2) is 0 Å². The van der Waals surface area contributed by atoms with Gasteiger partial charge in [0.05, 0.1) is 18.3 Å². The van der Waals surface area contributed by atoms with Crippen LogP contribution in [0.3, 0.4) is 0 Å². The number of carbonyl (C=O) groups is 1. The third kappa shape index (κ3) is 3.30. The maximum Gasteiger partial charge on any atom is 0.242 e. The lowest BCUT2D eigenvalue weighted by Gasteiger charge is -2.41. The summed E-state index contributed by atoms with van der Waals surface area (Å²) in [5, 5.41) is 3.42. The van der Waals surface area contributed by atoms with Crippen molar-refractivity contribution < 1.29 is 9.21 Å². The first-order chi connectivity index (χ1) is 10.2. The molecular weight excluding hydrogens is 266 g/mol. The van der Waals surface area contributed by atoms with E-state index in [0.29, 0.717) is 0 Å². The normalized spacial score (nSPS) is 27.8. The van der Waals surface area contributed by atoms with Gasteiger partial charge in [-0.1, -0.05) is 0 Å². The lowest BCUT2D eigenvalue weighted by atomic mass is 9.89. The van der Waals surface area contributed by atoms with E-state index < -0.39 is 0 Å². The first-order valence-electron chi connectivity index (χ1n) is 7.96. The summed E-state index contributed by atoms with van der Waals surface area (Å²) >= 11 is 0. The van der Waals surface area contributed by atoms with Crippen LogP contribution in [0, 0.1) is 0 Å². The number of carbonyl (C=O) groups excluding carboxylic acids is 1. The molecule has 2 saturated heterocycles. The summed E-state index contributed by atoms with van der Waals surface area (Å²) in [6.07, 6.45) is 5.00. The van der Waals surface area contributed by atoms with Crippen LogP contribution in [-0.2, 0) is 11.3 Å². The standard InChI is InChI=1S/C16H25N3O2/c1-16(6-2-3-7-17-16)15(20)19-10-8-18(9-11-19)13-14-5-4-12-21-14/h4-5,12,17H,2-3,6-11,13H2,1H3. The molecule has 1 N–H and O–H groups in total. The van der Waals surface area contributed by atoms with E-state index in [0.717, 1.165) is 57.9 Å². The quantitative estimate of drug-likeness (QED) is 0.916. The molecule has 2 aliphatic rings. The Morgan fingerprint density at radius 1 is 1.33 bits per heavy atom. The summed E-state index contributed by atoms with van der Waals surface area (Å²) in [6, 6.07) is 3.93. The van der Waals surface area contributed by atoms with Crippen LogP contribution in [0.1, 0.15) is 31.9 Å². The van der Waals surface area contributed by atoms with E-state index in [9.17, 15) is 4.79 Å². The minimum Gasteiger partial charge on any atom is -0.468 e. The molecule has 1 unspecified atom stereocenters. The second-order valence-electron chi connectivity index (χ2n) is 6.36. The van der Waals surface area contributed by atoms with Crippen molar-refractivity contribution in [3.63, 3.8) is 0 Å². The fourth-order valence-electron chi connectivity index (χ4n) is 3.32. The van der Waals surface area contributed by atoms with Crippen molar-refractivity contribution in [3.8, 4) is 0 Å². The largest absolute Gasteiger partial charge is 0.468 e. The van der Waals surface area contributed by atoms with Crippen LogP contribution in [0.5, 0.6) is 0 Å².